The third-order valence-corrected chi connectivity index (χ3v) is 2.30. The highest BCUT2D eigenvalue weighted by Gasteiger charge is 2.09. The van der Waals surface area contributed by atoms with Crippen LogP contribution in [-0.2, 0) is 4.79 Å². The van der Waals surface area contributed by atoms with E-state index in [4.69, 9.17) is 0 Å². The standard InChI is InChI=1S/C11H17N3O2/c1-8(15)9-4-5-13-10(6-9)14(3)7-11(16)12-2/h4-6,8,15H,7H2,1-3H3,(H,12,16)/t8-/m0/s1. The molecule has 0 unspecified atom stereocenters. The number of carbonyl (C=O) groups excluding carboxylic acids is 1. The van der Waals surface area contributed by atoms with Crippen molar-refractivity contribution in [2.75, 3.05) is 25.5 Å². The number of anilines is 1. The summed E-state index contributed by atoms with van der Waals surface area (Å²) >= 11 is 0. The van der Waals surface area contributed by atoms with Gasteiger partial charge in [-0.25, -0.2) is 4.98 Å². The molecule has 5 heteroatoms. The van der Waals surface area contributed by atoms with Crippen LogP contribution in [-0.4, -0.2) is 36.6 Å². The summed E-state index contributed by atoms with van der Waals surface area (Å²) in [6, 6.07) is 3.52. The maximum atomic E-state index is 11.2. The molecule has 0 aliphatic carbocycles. The number of aliphatic hydroxyl groups is 1. The van der Waals surface area contributed by atoms with E-state index in [0.29, 0.717) is 5.82 Å². The maximum Gasteiger partial charge on any atom is 0.239 e. The number of pyridine rings is 1. The SMILES string of the molecule is CNC(=O)CN(C)c1cc([C@H](C)O)ccn1. The van der Waals surface area contributed by atoms with E-state index < -0.39 is 6.10 Å². The molecule has 0 aliphatic heterocycles. The summed E-state index contributed by atoms with van der Waals surface area (Å²) < 4.78 is 0. The number of likely N-dealkylation sites (N-methyl/N-ethyl adjacent to an activating group) is 2. The Morgan fingerprint density at radius 3 is 2.94 bits per heavy atom. The summed E-state index contributed by atoms with van der Waals surface area (Å²) in [6.07, 6.45) is 1.09. The Balaban J connectivity index is 2.79. The topological polar surface area (TPSA) is 65.5 Å². The molecule has 1 rings (SSSR count). The van der Waals surface area contributed by atoms with Crippen molar-refractivity contribution >= 4 is 11.7 Å². The third kappa shape index (κ3) is 3.20. The lowest BCUT2D eigenvalue weighted by atomic mass is 10.2. The number of aromatic nitrogens is 1. The van der Waals surface area contributed by atoms with Crippen LogP contribution < -0.4 is 10.2 Å². The van der Waals surface area contributed by atoms with E-state index in [1.54, 1.807) is 44.2 Å². The van der Waals surface area contributed by atoms with Crippen molar-refractivity contribution in [3.8, 4) is 0 Å². The number of carbonyl (C=O) groups is 1. The van der Waals surface area contributed by atoms with Crippen LogP contribution in [0.1, 0.15) is 18.6 Å². The predicted molar refractivity (Wildman–Crippen MR) is 62.2 cm³/mol. The van der Waals surface area contributed by atoms with Crippen molar-refractivity contribution in [1.82, 2.24) is 10.3 Å². The highest BCUT2D eigenvalue weighted by Crippen LogP contribution is 2.16. The molecule has 0 saturated heterocycles. The lowest BCUT2D eigenvalue weighted by Crippen LogP contribution is -2.33. The minimum Gasteiger partial charge on any atom is -0.389 e. The van der Waals surface area contributed by atoms with E-state index in [2.05, 4.69) is 10.3 Å². The van der Waals surface area contributed by atoms with Gasteiger partial charge in [-0.15, -0.1) is 0 Å². The Kier molecular flexibility index (Phi) is 4.25. The average Bonchev–Trinajstić information content (AvgIpc) is 2.28. The normalized spacial score (nSPS) is 12.0. The molecule has 0 fully saturated rings. The molecule has 0 bridgehead atoms. The van der Waals surface area contributed by atoms with E-state index in [-0.39, 0.29) is 12.5 Å². The van der Waals surface area contributed by atoms with Gasteiger partial charge in [0.05, 0.1) is 12.6 Å². The zero-order valence-corrected chi connectivity index (χ0v) is 9.77. The Bertz CT molecular complexity index is 366. The Morgan fingerprint density at radius 1 is 1.69 bits per heavy atom. The first kappa shape index (κ1) is 12.4. The number of aliphatic hydroxyl groups excluding tert-OH is 1. The molecule has 1 atom stereocenters. The molecule has 2 N–H and O–H groups in total. The summed E-state index contributed by atoms with van der Waals surface area (Å²) in [7, 11) is 3.37. The van der Waals surface area contributed by atoms with Gasteiger partial charge in [0.1, 0.15) is 5.82 Å². The van der Waals surface area contributed by atoms with Gasteiger partial charge >= 0.3 is 0 Å². The van der Waals surface area contributed by atoms with Crippen molar-refractivity contribution in [2.24, 2.45) is 0 Å². The molecule has 5 nitrogen and oxygen atoms in total. The fourth-order valence-electron chi connectivity index (χ4n) is 1.28. The first-order valence-corrected chi connectivity index (χ1v) is 5.10. The summed E-state index contributed by atoms with van der Waals surface area (Å²) in [6.45, 7) is 1.94. The van der Waals surface area contributed by atoms with Crippen molar-refractivity contribution in [2.45, 2.75) is 13.0 Å². The lowest BCUT2D eigenvalue weighted by molar-refractivity contribution is -0.119. The van der Waals surface area contributed by atoms with Gasteiger partial charge in [-0.2, -0.15) is 0 Å². The summed E-state index contributed by atoms with van der Waals surface area (Å²) in [5, 5.41) is 12.0. The van der Waals surface area contributed by atoms with Crippen molar-refractivity contribution in [1.29, 1.82) is 0 Å². The van der Waals surface area contributed by atoms with Crippen LogP contribution in [0.25, 0.3) is 0 Å². The second-order valence-electron chi connectivity index (χ2n) is 3.65. The average molecular weight is 223 g/mol. The van der Waals surface area contributed by atoms with E-state index in [1.165, 1.54) is 0 Å². The van der Waals surface area contributed by atoms with E-state index in [9.17, 15) is 9.90 Å². The van der Waals surface area contributed by atoms with Crippen LogP contribution in [0, 0.1) is 0 Å². The van der Waals surface area contributed by atoms with Gasteiger partial charge in [0.25, 0.3) is 0 Å². The summed E-state index contributed by atoms with van der Waals surface area (Å²) in [4.78, 5) is 17.1. The zero-order valence-electron chi connectivity index (χ0n) is 9.77. The van der Waals surface area contributed by atoms with Gasteiger partial charge in [0.2, 0.25) is 5.91 Å². The van der Waals surface area contributed by atoms with Crippen LogP contribution in [0.5, 0.6) is 0 Å². The minimum absolute atomic E-state index is 0.0771. The van der Waals surface area contributed by atoms with Crippen molar-refractivity contribution in [3.63, 3.8) is 0 Å². The molecule has 88 valence electrons. The first-order chi connectivity index (χ1) is 7.54. The highest BCUT2D eigenvalue weighted by atomic mass is 16.3. The van der Waals surface area contributed by atoms with Crippen molar-refractivity contribution < 1.29 is 9.90 Å². The second kappa shape index (κ2) is 5.46. The van der Waals surface area contributed by atoms with Gasteiger partial charge in [0.15, 0.2) is 0 Å². The molecule has 0 radical (unpaired) electrons. The van der Waals surface area contributed by atoms with E-state index in [0.717, 1.165) is 5.56 Å². The fourth-order valence-corrected chi connectivity index (χ4v) is 1.28. The number of rotatable bonds is 4. The van der Waals surface area contributed by atoms with Gasteiger partial charge in [-0.1, -0.05) is 0 Å². The molecule has 0 saturated carbocycles. The van der Waals surface area contributed by atoms with Gasteiger partial charge < -0.3 is 15.3 Å². The number of hydrogen-bond acceptors (Lipinski definition) is 4. The first-order valence-electron chi connectivity index (χ1n) is 5.10. The van der Waals surface area contributed by atoms with E-state index in [1.807, 2.05) is 0 Å². The highest BCUT2D eigenvalue weighted by molar-refractivity contribution is 5.80. The molecule has 1 amide bonds. The van der Waals surface area contributed by atoms with Crippen molar-refractivity contribution in [3.05, 3.63) is 23.9 Å². The van der Waals surface area contributed by atoms with Crippen LogP contribution in [0.3, 0.4) is 0 Å². The molecule has 0 spiro atoms. The Hall–Kier alpha value is -1.62. The molecule has 0 aliphatic rings. The van der Waals surface area contributed by atoms with Crippen LogP contribution in [0.4, 0.5) is 5.82 Å². The van der Waals surface area contributed by atoms with E-state index >= 15 is 0 Å². The van der Waals surface area contributed by atoms with Gasteiger partial charge in [-0.05, 0) is 24.6 Å². The Morgan fingerprint density at radius 2 is 2.38 bits per heavy atom. The molecule has 1 heterocycles. The Labute approximate surface area is 95.1 Å². The molecular formula is C11H17N3O2. The second-order valence-corrected chi connectivity index (χ2v) is 3.65. The lowest BCUT2D eigenvalue weighted by Gasteiger charge is -2.18. The quantitative estimate of drug-likeness (QED) is 0.771. The monoisotopic (exact) mass is 223 g/mol. The zero-order chi connectivity index (χ0) is 12.1. The fraction of sp³-hybridized carbons (Fsp3) is 0.455. The number of hydrogen-bond donors (Lipinski definition) is 2. The summed E-state index contributed by atoms with van der Waals surface area (Å²) in [5.41, 5.74) is 0.786. The molecule has 0 aromatic carbocycles. The molecular weight excluding hydrogens is 206 g/mol. The van der Waals surface area contributed by atoms with Gasteiger partial charge in [-0.3, -0.25) is 4.79 Å². The largest absolute Gasteiger partial charge is 0.389 e. The van der Waals surface area contributed by atoms with Gasteiger partial charge in [0, 0.05) is 20.3 Å². The van der Waals surface area contributed by atoms with Crippen LogP contribution in [0.15, 0.2) is 18.3 Å². The number of nitrogens with zero attached hydrogens (tertiary/aromatic N) is 2. The van der Waals surface area contributed by atoms with Crippen LogP contribution >= 0.6 is 0 Å². The molecule has 1 aromatic rings. The third-order valence-electron chi connectivity index (χ3n) is 2.30. The number of nitrogens with one attached hydrogen (secondary N) is 1. The smallest absolute Gasteiger partial charge is 0.239 e. The molecule has 16 heavy (non-hydrogen) atoms. The number of amides is 1. The van der Waals surface area contributed by atoms with Crippen LogP contribution in [0.2, 0.25) is 0 Å². The predicted octanol–water partition coefficient (Wildman–Crippen LogP) is 0.317. The maximum absolute atomic E-state index is 11.2. The molecule has 1 aromatic heterocycles. The summed E-state index contributed by atoms with van der Waals surface area (Å²) in [5.74, 6) is 0.591. The minimum atomic E-state index is -0.532.